The Morgan fingerprint density at radius 3 is 2.16 bits per heavy atom. The van der Waals surface area contributed by atoms with Gasteiger partial charge in [0.15, 0.2) is 0 Å². The highest BCUT2D eigenvalue weighted by Crippen LogP contribution is 2.48. The fraction of sp³-hybridized carbons (Fsp3) is 0.625. The van der Waals surface area contributed by atoms with Crippen molar-refractivity contribution in [3.8, 4) is 0 Å². The third-order valence-electron chi connectivity index (χ3n) is 4.89. The Bertz CT molecular complexity index is 405. The minimum Gasteiger partial charge on any atom is -0.385 e. The summed E-state index contributed by atoms with van der Waals surface area (Å²) in [6, 6.07) is 8.21. The lowest BCUT2D eigenvalue weighted by atomic mass is 9.65. The van der Waals surface area contributed by atoms with Crippen LogP contribution in [-0.2, 0) is 5.60 Å². The first kappa shape index (κ1) is 15.3. The van der Waals surface area contributed by atoms with Crippen molar-refractivity contribution in [1.82, 2.24) is 0 Å². The first-order chi connectivity index (χ1) is 9.02. The van der Waals surface area contributed by atoms with Crippen molar-refractivity contribution >= 4 is 22.6 Å². The van der Waals surface area contributed by atoms with E-state index in [1.54, 1.807) is 0 Å². The van der Waals surface area contributed by atoms with Crippen LogP contribution in [0.2, 0.25) is 0 Å². The van der Waals surface area contributed by atoms with Crippen LogP contribution in [0.1, 0.15) is 51.0 Å². The van der Waals surface area contributed by atoms with Gasteiger partial charge in [0.05, 0.1) is 5.60 Å². The largest absolute Gasteiger partial charge is 0.385 e. The molecule has 1 atom stereocenters. The number of nitrogens with two attached hydrogens (primary N) is 1. The Balaban J connectivity index is 2.36. The first-order valence-corrected chi connectivity index (χ1v) is 8.28. The predicted molar refractivity (Wildman–Crippen MR) is 87.9 cm³/mol. The number of benzene rings is 1. The van der Waals surface area contributed by atoms with Crippen molar-refractivity contribution in [2.45, 2.75) is 51.0 Å². The number of hydrogen-bond acceptors (Lipinski definition) is 2. The summed E-state index contributed by atoms with van der Waals surface area (Å²) in [6.45, 7) is 2.51. The van der Waals surface area contributed by atoms with Gasteiger partial charge in [-0.3, -0.25) is 0 Å². The second-order valence-corrected chi connectivity index (χ2v) is 7.22. The maximum absolute atomic E-state index is 11.2. The van der Waals surface area contributed by atoms with Crippen LogP contribution in [-0.4, -0.2) is 11.7 Å². The summed E-state index contributed by atoms with van der Waals surface area (Å²) in [5.41, 5.74) is 6.09. The van der Waals surface area contributed by atoms with Crippen molar-refractivity contribution in [3.05, 3.63) is 33.4 Å². The predicted octanol–water partition coefficient (Wildman–Crippen LogP) is 3.80. The molecule has 3 N–H and O–H groups in total. The lowest BCUT2D eigenvalue weighted by Crippen LogP contribution is -2.48. The number of aliphatic hydroxyl groups is 1. The molecular weight excluding hydrogens is 349 g/mol. The number of halogens is 1. The molecule has 1 aromatic carbocycles. The number of rotatable bonds is 3. The van der Waals surface area contributed by atoms with Gasteiger partial charge in [-0.2, -0.15) is 0 Å². The maximum atomic E-state index is 11.2. The van der Waals surface area contributed by atoms with Gasteiger partial charge in [-0.05, 0) is 60.1 Å². The topological polar surface area (TPSA) is 46.2 Å². The van der Waals surface area contributed by atoms with Crippen molar-refractivity contribution in [3.63, 3.8) is 0 Å². The average molecular weight is 373 g/mol. The fourth-order valence-corrected chi connectivity index (χ4v) is 3.74. The molecule has 0 amide bonds. The second kappa shape index (κ2) is 6.10. The molecule has 0 aliphatic heterocycles. The second-order valence-electron chi connectivity index (χ2n) is 5.98. The van der Waals surface area contributed by atoms with E-state index in [0.29, 0.717) is 6.54 Å². The van der Waals surface area contributed by atoms with E-state index >= 15 is 0 Å². The van der Waals surface area contributed by atoms with Crippen LogP contribution < -0.4 is 5.73 Å². The fourth-order valence-electron chi connectivity index (χ4n) is 3.38. The molecule has 0 radical (unpaired) electrons. The minimum atomic E-state index is -0.837. The van der Waals surface area contributed by atoms with Crippen LogP contribution in [0, 0.1) is 8.99 Å². The molecule has 106 valence electrons. The van der Waals surface area contributed by atoms with E-state index in [1.165, 1.54) is 29.3 Å². The summed E-state index contributed by atoms with van der Waals surface area (Å²) in [7, 11) is 0. The van der Waals surface area contributed by atoms with Gasteiger partial charge < -0.3 is 10.8 Å². The lowest BCUT2D eigenvalue weighted by molar-refractivity contribution is -0.0814. The van der Waals surface area contributed by atoms with E-state index in [9.17, 15) is 5.11 Å². The van der Waals surface area contributed by atoms with E-state index < -0.39 is 5.60 Å². The average Bonchev–Trinajstić information content (AvgIpc) is 2.65. The van der Waals surface area contributed by atoms with Crippen molar-refractivity contribution in [2.24, 2.45) is 11.1 Å². The van der Waals surface area contributed by atoms with E-state index in [1.807, 2.05) is 19.1 Å². The SMILES string of the molecule is CC(O)(c1ccc(I)cc1)C1(CN)CCCCCC1. The Morgan fingerprint density at radius 2 is 1.68 bits per heavy atom. The third-order valence-corrected chi connectivity index (χ3v) is 5.61. The van der Waals surface area contributed by atoms with Gasteiger partial charge in [0, 0.05) is 15.5 Å². The molecule has 2 nitrogen and oxygen atoms in total. The summed E-state index contributed by atoms with van der Waals surface area (Å²) in [6.07, 6.45) is 6.95. The zero-order chi connectivity index (χ0) is 13.9. The minimum absolute atomic E-state index is 0.170. The summed E-state index contributed by atoms with van der Waals surface area (Å²) in [5.74, 6) is 0. The maximum Gasteiger partial charge on any atom is 0.0936 e. The summed E-state index contributed by atoms with van der Waals surface area (Å²) >= 11 is 2.29. The summed E-state index contributed by atoms with van der Waals surface area (Å²) in [4.78, 5) is 0. The molecule has 0 spiro atoms. The molecule has 0 heterocycles. The Hall–Kier alpha value is -0.130. The molecule has 1 saturated carbocycles. The van der Waals surface area contributed by atoms with Crippen LogP contribution in [0.4, 0.5) is 0 Å². The Morgan fingerprint density at radius 1 is 1.16 bits per heavy atom. The van der Waals surface area contributed by atoms with E-state index in [-0.39, 0.29) is 5.41 Å². The van der Waals surface area contributed by atoms with E-state index in [0.717, 1.165) is 18.4 Å². The van der Waals surface area contributed by atoms with Crippen LogP contribution in [0.3, 0.4) is 0 Å². The standard InChI is InChI=1S/C16H24INO/c1-15(19,13-6-8-14(17)9-7-13)16(12-18)10-4-2-3-5-11-16/h6-9,19H,2-5,10-12,18H2,1H3. The van der Waals surface area contributed by atoms with E-state index in [2.05, 4.69) is 34.7 Å². The van der Waals surface area contributed by atoms with Gasteiger partial charge in [-0.15, -0.1) is 0 Å². The summed E-state index contributed by atoms with van der Waals surface area (Å²) in [5, 5.41) is 11.2. The first-order valence-electron chi connectivity index (χ1n) is 7.20. The molecular formula is C16H24INO. The van der Waals surface area contributed by atoms with Gasteiger partial charge in [0.2, 0.25) is 0 Å². The van der Waals surface area contributed by atoms with Gasteiger partial charge in [-0.1, -0.05) is 37.8 Å². The lowest BCUT2D eigenvalue weighted by Gasteiger charge is -2.45. The van der Waals surface area contributed by atoms with Gasteiger partial charge in [0.25, 0.3) is 0 Å². The van der Waals surface area contributed by atoms with Gasteiger partial charge >= 0.3 is 0 Å². The smallest absolute Gasteiger partial charge is 0.0936 e. The summed E-state index contributed by atoms with van der Waals surface area (Å²) < 4.78 is 1.19. The molecule has 19 heavy (non-hydrogen) atoms. The highest BCUT2D eigenvalue weighted by molar-refractivity contribution is 14.1. The molecule has 0 bridgehead atoms. The Kier molecular flexibility index (Phi) is 4.90. The van der Waals surface area contributed by atoms with Crippen LogP contribution >= 0.6 is 22.6 Å². The molecule has 1 aromatic rings. The Labute approximate surface area is 129 Å². The molecule has 0 saturated heterocycles. The van der Waals surface area contributed by atoms with E-state index in [4.69, 9.17) is 5.73 Å². The zero-order valence-corrected chi connectivity index (χ0v) is 13.8. The molecule has 3 heteroatoms. The quantitative estimate of drug-likeness (QED) is 0.626. The van der Waals surface area contributed by atoms with Crippen LogP contribution in [0.5, 0.6) is 0 Å². The van der Waals surface area contributed by atoms with Crippen molar-refractivity contribution in [2.75, 3.05) is 6.54 Å². The van der Waals surface area contributed by atoms with Crippen LogP contribution in [0.15, 0.2) is 24.3 Å². The van der Waals surface area contributed by atoms with Crippen molar-refractivity contribution in [1.29, 1.82) is 0 Å². The molecule has 1 aliphatic carbocycles. The molecule has 1 aliphatic rings. The molecule has 2 rings (SSSR count). The zero-order valence-electron chi connectivity index (χ0n) is 11.7. The number of hydrogen-bond donors (Lipinski definition) is 2. The molecule has 0 aromatic heterocycles. The van der Waals surface area contributed by atoms with Crippen LogP contribution in [0.25, 0.3) is 0 Å². The van der Waals surface area contributed by atoms with Crippen molar-refractivity contribution < 1.29 is 5.11 Å². The highest BCUT2D eigenvalue weighted by Gasteiger charge is 2.46. The molecule has 1 unspecified atom stereocenters. The van der Waals surface area contributed by atoms with Gasteiger partial charge in [-0.25, -0.2) is 0 Å². The third kappa shape index (κ3) is 2.98. The highest BCUT2D eigenvalue weighted by atomic mass is 127. The van der Waals surface area contributed by atoms with Gasteiger partial charge in [0.1, 0.15) is 0 Å². The monoisotopic (exact) mass is 373 g/mol. The molecule has 1 fully saturated rings. The normalized spacial score (nSPS) is 22.5.